The number of benzene rings is 1. The van der Waals surface area contributed by atoms with Gasteiger partial charge in [0.15, 0.2) is 5.76 Å². The minimum atomic E-state index is -3.64. The number of hydrogen-bond acceptors (Lipinski definition) is 4. The highest BCUT2D eigenvalue weighted by molar-refractivity contribution is 7.89. The summed E-state index contributed by atoms with van der Waals surface area (Å²) < 4.78 is 33.1. The SMILES string of the molecule is Cc1noc(C)c1S(=O)(=O)NC(c1ccccc1)C1CC1. The van der Waals surface area contributed by atoms with Gasteiger partial charge in [-0.15, -0.1) is 0 Å². The Hall–Kier alpha value is -1.66. The Balaban J connectivity index is 1.93. The van der Waals surface area contributed by atoms with Crippen molar-refractivity contribution in [3.8, 4) is 0 Å². The Morgan fingerprint density at radius 2 is 1.90 bits per heavy atom. The molecule has 1 saturated carbocycles. The Bertz CT molecular complexity index is 714. The van der Waals surface area contributed by atoms with Crippen molar-refractivity contribution in [3.63, 3.8) is 0 Å². The molecule has 6 heteroatoms. The third-order valence-corrected chi connectivity index (χ3v) is 5.46. The van der Waals surface area contributed by atoms with E-state index in [1.807, 2.05) is 30.3 Å². The molecule has 0 radical (unpaired) electrons. The molecular formula is C15H18N2O3S. The van der Waals surface area contributed by atoms with E-state index in [9.17, 15) is 8.42 Å². The fourth-order valence-electron chi connectivity index (χ4n) is 2.61. The first-order valence-electron chi connectivity index (χ1n) is 6.99. The average Bonchev–Trinajstić information content (AvgIpc) is 3.23. The molecule has 1 aliphatic rings. The second-order valence-electron chi connectivity index (χ2n) is 5.50. The van der Waals surface area contributed by atoms with Crippen molar-refractivity contribution in [1.29, 1.82) is 0 Å². The van der Waals surface area contributed by atoms with Gasteiger partial charge in [0.1, 0.15) is 10.6 Å². The van der Waals surface area contributed by atoms with Gasteiger partial charge in [0.25, 0.3) is 0 Å². The van der Waals surface area contributed by atoms with Crippen molar-refractivity contribution in [2.45, 2.75) is 37.6 Å². The molecule has 1 N–H and O–H groups in total. The summed E-state index contributed by atoms with van der Waals surface area (Å²) in [4.78, 5) is 0.157. The second-order valence-corrected chi connectivity index (χ2v) is 7.15. The third-order valence-electron chi connectivity index (χ3n) is 3.77. The molecule has 3 rings (SSSR count). The fourth-order valence-corrected chi connectivity index (χ4v) is 4.23. The lowest BCUT2D eigenvalue weighted by Gasteiger charge is -2.18. The normalized spacial score (nSPS) is 16.9. The van der Waals surface area contributed by atoms with Crippen LogP contribution in [0.4, 0.5) is 0 Å². The second kappa shape index (κ2) is 5.27. The number of rotatable bonds is 5. The Labute approximate surface area is 124 Å². The molecule has 1 unspecified atom stereocenters. The van der Waals surface area contributed by atoms with Crippen LogP contribution in [-0.2, 0) is 10.0 Å². The van der Waals surface area contributed by atoms with Gasteiger partial charge >= 0.3 is 0 Å². The smallest absolute Gasteiger partial charge is 0.246 e. The Morgan fingerprint density at radius 1 is 1.24 bits per heavy atom. The summed E-state index contributed by atoms with van der Waals surface area (Å²) in [6.07, 6.45) is 2.09. The predicted octanol–water partition coefficient (Wildman–Crippen LogP) is 2.72. The van der Waals surface area contributed by atoms with E-state index in [0.29, 0.717) is 17.4 Å². The van der Waals surface area contributed by atoms with Gasteiger partial charge in [0, 0.05) is 6.04 Å². The van der Waals surface area contributed by atoms with Crippen LogP contribution in [0, 0.1) is 19.8 Å². The molecule has 1 aromatic carbocycles. The molecule has 1 atom stereocenters. The van der Waals surface area contributed by atoms with E-state index in [4.69, 9.17) is 4.52 Å². The van der Waals surface area contributed by atoms with Crippen LogP contribution in [0.5, 0.6) is 0 Å². The number of nitrogens with zero attached hydrogens (tertiary/aromatic N) is 1. The zero-order valence-electron chi connectivity index (χ0n) is 12.0. The lowest BCUT2D eigenvalue weighted by Crippen LogP contribution is -2.30. The van der Waals surface area contributed by atoms with Gasteiger partial charge in [-0.05, 0) is 38.2 Å². The average molecular weight is 306 g/mol. The number of nitrogens with one attached hydrogen (secondary N) is 1. The molecule has 0 spiro atoms. The zero-order chi connectivity index (χ0) is 15.0. The highest BCUT2D eigenvalue weighted by Gasteiger charge is 2.36. The maximum Gasteiger partial charge on any atom is 0.246 e. The molecule has 1 heterocycles. The van der Waals surface area contributed by atoms with E-state index in [2.05, 4.69) is 9.88 Å². The van der Waals surface area contributed by atoms with Crippen LogP contribution >= 0.6 is 0 Å². The first-order chi connectivity index (χ1) is 9.99. The van der Waals surface area contributed by atoms with E-state index in [0.717, 1.165) is 18.4 Å². The van der Waals surface area contributed by atoms with Crippen LogP contribution in [0.2, 0.25) is 0 Å². The van der Waals surface area contributed by atoms with Crippen molar-refractivity contribution >= 4 is 10.0 Å². The van der Waals surface area contributed by atoms with Gasteiger partial charge in [-0.25, -0.2) is 13.1 Å². The molecule has 21 heavy (non-hydrogen) atoms. The van der Waals surface area contributed by atoms with Crippen LogP contribution in [-0.4, -0.2) is 13.6 Å². The fraction of sp³-hybridized carbons (Fsp3) is 0.400. The largest absolute Gasteiger partial charge is 0.360 e. The van der Waals surface area contributed by atoms with Crippen LogP contribution in [0.25, 0.3) is 0 Å². The summed E-state index contributed by atoms with van der Waals surface area (Å²) in [5, 5.41) is 3.73. The van der Waals surface area contributed by atoms with E-state index in [-0.39, 0.29) is 10.9 Å². The van der Waals surface area contributed by atoms with Crippen molar-refractivity contribution < 1.29 is 12.9 Å². The van der Waals surface area contributed by atoms with Gasteiger partial charge in [-0.1, -0.05) is 35.5 Å². The molecule has 0 bridgehead atoms. The Kier molecular flexibility index (Phi) is 3.59. The molecule has 1 fully saturated rings. The molecule has 0 amide bonds. The summed E-state index contributed by atoms with van der Waals surface area (Å²) in [6.45, 7) is 3.25. The van der Waals surface area contributed by atoms with Crippen molar-refractivity contribution in [1.82, 2.24) is 9.88 Å². The quantitative estimate of drug-likeness (QED) is 0.922. The summed E-state index contributed by atoms with van der Waals surface area (Å²) in [7, 11) is -3.64. The molecule has 1 aliphatic carbocycles. The lowest BCUT2D eigenvalue weighted by molar-refractivity contribution is 0.390. The van der Waals surface area contributed by atoms with E-state index in [1.54, 1.807) is 13.8 Å². The van der Waals surface area contributed by atoms with Crippen molar-refractivity contribution in [3.05, 3.63) is 47.3 Å². The molecule has 2 aromatic rings. The van der Waals surface area contributed by atoms with Crippen LogP contribution < -0.4 is 4.72 Å². The summed E-state index contributed by atoms with van der Waals surface area (Å²) in [6, 6.07) is 9.50. The molecule has 1 aromatic heterocycles. The molecular weight excluding hydrogens is 288 g/mol. The number of aromatic nitrogens is 1. The van der Waals surface area contributed by atoms with Crippen molar-refractivity contribution in [2.24, 2.45) is 5.92 Å². The predicted molar refractivity (Wildman–Crippen MR) is 78.2 cm³/mol. The first-order valence-corrected chi connectivity index (χ1v) is 8.47. The highest BCUT2D eigenvalue weighted by Crippen LogP contribution is 2.41. The molecule has 0 saturated heterocycles. The number of sulfonamides is 1. The van der Waals surface area contributed by atoms with E-state index >= 15 is 0 Å². The van der Waals surface area contributed by atoms with Crippen molar-refractivity contribution in [2.75, 3.05) is 0 Å². The number of hydrogen-bond donors (Lipinski definition) is 1. The van der Waals surface area contributed by atoms with E-state index in [1.165, 1.54) is 0 Å². The minimum absolute atomic E-state index is 0.157. The summed E-state index contributed by atoms with van der Waals surface area (Å²) >= 11 is 0. The van der Waals surface area contributed by atoms with Gasteiger partial charge < -0.3 is 4.52 Å². The zero-order valence-corrected chi connectivity index (χ0v) is 12.9. The highest BCUT2D eigenvalue weighted by atomic mass is 32.2. The maximum atomic E-state index is 12.6. The van der Waals surface area contributed by atoms with Gasteiger partial charge in [-0.2, -0.15) is 0 Å². The summed E-state index contributed by atoms with van der Waals surface area (Å²) in [5.41, 5.74) is 1.39. The topological polar surface area (TPSA) is 72.2 Å². The number of aryl methyl sites for hydroxylation is 2. The minimum Gasteiger partial charge on any atom is -0.360 e. The maximum absolute atomic E-state index is 12.6. The summed E-state index contributed by atoms with van der Waals surface area (Å²) in [5.74, 6) is 0.685. The third kappa shape index (κ3) is 2.87. The Morgan fingerprint density at radius 3 is 2.43 bits per heavy atom. The van der Waals surface area contributed by atoms with Gasteiger partial charge in [-0.3, -0.25) is 0 Å². The standard InChI is InChI=1S/C15H18N2O3S/c1-10-15(11(2)20-16-10)21(18,19)17-14(13-8-9-13)12-6-4-3-5-7-12/h3-7,13-14,17H,8-9H2,1-2H3. The van der Waals surface area contributed by atoms with Crippen LogP contribution in [0.3, 0.4) is 0 Å². The van der Waals surface area contributed by atoms with Crippen LogP contribution in [0.1, 0.15) is 35.9 Å². The van der Waals surface area contributed by atoms with Gasteiger partial charge in [0.2, 0.25) is 10.0 Å². The molecule has 112 valence electrons. The molecule has 0 aliphatic heterocycles. The lowest BCUT2D eigenvalue weighted by atomic mass is 10.0. The monoisotopic (exact) mass is 306 g/mol. The van der Waals surface area contributed by atoms with Gasteiger partial charge in [0.05, 0.1) is 0 Å². The van der Waals surface area contributed by atoms with Crippen LogP contribution in [0.15, 0.2) is 39.8 Å². The van der Waals surface area contributed by atoms with E-state index < -0.39 is 10.0 Å². The first kappa shape index (κ1) is 14.3. The molecule has 5 nitrogen and oxygen atoms in total.